The number of rotatable bonds is 7. The first-order valence-electron chi connectivity index (χ1n) is 11.4. The Morgan fingerprint density at radius 2 is 1.96 bits per heavy atom. The van der Waals surface area contributed by atoms with E-state index in [0.717, 1.165) is 95.9 Å². The fourth-order valence-electron chi connectivity index (χ4n) is 4.41. The highest BCUT2D eigenvalue weighted by Crippen LogP contribution is 2.29. The van der Waals surface area contributed by atoms with E-state index in [1.165, 1.54) is 0 Å². The lowest BCUT2D eigenvalue weighted by Crippen LogP contribution is -2.39. The van der Waals surface area contributed by atoms with E-state index in [0.29, 0.717) is 17.7 Å². The highest BCUT2D eigenvalue weighted by atomic mass is 16.5. The molecular formula is C22H38N4O2. The summed E-state index contributed by atoms with van der Waals surface area (Å²) >= 11 is 0. The fraction of sp³-hybridized carbons (Fsp3) is 0.864. The third-order valence-corrected chi connectivity index (χ3v) is 6.03. The number of likely N-dealkylation sites (tertiary alicyclic amines) is 1. The first kappa shape index (κ1) is 21.3. The average molecular weight is 391 g/mol. The van der Waals surface area contributed by atoms with E-state index in [9.17, 15) is 4.79 Å². The molecule has 6 heteroatoms. The number of carbonyl (C=O) groups is 1. The van der Waals surface area contributed by atoms with Gasteiger partial charge in [-0.1, -0.05) is 27.2 Å². The van der Waals surface area contributed by atoms with Gasteiger partial charge in [0.15, 0.2) is 5.82 Å². The fourth-order valence-corrected chi connectivity index (χ4v) is 4.41. The summed E-state index contributed by atoms with van der Waals surface area (Å²) in [5.74, 6) is 3.63. The SMILES string of the molecule is CCCCn1nc(CC(C)C)nc1C1CCCN(C(=O)C2CCOCC2)CC1. The van der Waals surface area contributed by atoms with Gasteiger partial charge in [-0.25, -0.2) is 9.67 Å². The lowest BCUT2D eigenvalue weighted by Gasteiger charge is -2.28. The minimum Gasteiger partial charge on any atom is -0.381 e. The number of hydrogen-bond donors (Lipinski definition) is 0. The molecule has 0 saturated carbocycles. The second-order valence-corrected chi connectivity index (χ2v) is 8.90. The van der Waals surface area contributed by atoms with Crippen LogP contribution in [0.25, 0.3) is 0 Å². The van der Waals surface area contributed by atoms with Crippen LogP contribution in [0.4, 0.5) is 0 Å². The monoisotopic (exact) mass is 390 g/mol. The van der Waals surface area contributed by atoms with E-state index in [1.807, 2.05) is 0 Å². The summed E-state index contributed by atoms with van der Waals surface area (Å²) in [6.45, 7) is 10.8. The molecule has 0 bridgehead atoms. The summed E-state index contributed by atoms with van der Waals surface area (Å²) in [5, 5.41) is 4.83. The highest BCUT2D eigenvalue weighted by molar-refractivity contribution is 5.79. The van der Waals surface area contributed by atoms with Gasteiger partial charge in [0.05, 0.1) is 0 Å². The molecule has 2 aliphatic rings. The second kappa shape index (κ2) is 10.4. The van der Waals surface area contributed by atoms with Crippen molar-refractivity contribution in [3.8, 4) is 0 Å². The third kappa shape index (κ3) is 5.56. The molecule has 0 spiro atoms. The van der Waals surface area contributed by atoms with Crippen LogP contribution in [-0.2, 0) is 22.5 Å². The van der Waals surface area contributed by atoms with Gasteiger partial charge in [-0.05, 0) is 44.4 Å². The molecule has 0 radical (unpaired) electrons. The van der Waals surface area contributed by atoms with Gasteiger partial charge in [0.2, 0.25) is 5.91 Å². The molecule has 158 valence electrons. The highest BCUT2D eigenvalue weighted by Gasteiger charge is 2.30. The summed E-state index contributed by atoms with van der Waals surface area (Å²) < 4.78 is 7.59. The number of aromatic nitrogens is 3. The van der Waals surface area contributed by atoms with Crippen LogP contribution in [0, 0.1) is 11.8 Å². The maximum absolute atomic E-state index is 12.9. The molecule has 2 aliphatic heterocycles. The predicted octanol–water partition coefficient (Wildman–Crippen LogP) is 3.80. The zero-order valence-electron chi connectivity index (χ0n) is 18.0. The molecule has 1 aromatic heterocycles. The molecule has 1 aromatic rings. The quantitative estimate of drug-likeness (QED) is 0.710. The van der Waals surface area contributed by atoms with Crippen LogP contribution in [0.2, 0.25) is 0 Å². The Morgan fingerprint density at radius 3 is 2.68 bits per heavy atom. The summed E-state index contributed by atoms with van der Waals surface area (Å²) in [6, 6.07) is 0. The maximum atomic E-state index is 12.9. The predicted molar refractivity (Wildman–Crippen MR) is 110 cm³/mol. The van der Waals surface area contributed by atoms with Crippen LogP contribution in [-0.4, -0.2) is 51.9 Å². The van der Waals surface area contributed by atoms with Crippen molar-refractivity contribution in [3.05, 3.63) is 11.6 Å². The Morgan fingerprint density at radius 1 is 1.18 bits per heavy atom. The van der Waals surface area contributed by atoms with Crippen molar-refractivity contribution in [2.45, 2.75) is 84.6 Å². The maximum Gasteiger partial charge on any atom is 0.225 e. The molecule has 3 heterocycles. The summed E-state index contributed by atoms with van der Waals surface area (Å²) in [4.78, 5) is 20.0. The van der Waals surface area contributed by atoms with Crippen molar-refractivity contribution in [2.75, 3.05) is 26.3 Å². The molecule has 1 amide bonds. The molecule has 0 N–H and O–H groups in total. The second-order valence-electron chi connectivity index (χ2n) is 8.90. The van der Waals surface area contributed by atoms with Crippen molar-refractivity contribution in [1.29, 1.82) is 0 Å². The molecule has 6 nitrogen and oxygen atoms in total. The van der Waals surface area contributed by atoms with Gasteiger partial charge in [0, 0.05) is 51.1 Å². The van der Waals surface area contributed by atoms with Crippen LogP contribution in [0.3, 0.4) is 0 Å². The van der Waals surface area contributed by atoms with E-state index < -0.39 is 0 Å². The van der Waals surface area contributed by atoms with Crippen molar-refractivity contribution in [3.63, 3.8) is 0 Å². The first-order chi connectivity index (χ1) is 13.6. The van der Waals surface area contributed by atoms with Gasteiger partial charge in [-0.2, -0.15) is 5.10 Å². The van der Waals surface area contributed by atoms with E-state index >= 15 is 0 Å². The molecular weight excluding hydrogens is 352 g/mol. The van der Waals surface area contributed by atoms with Gasteiger partial charge in [-0.15, -0.1) is 0 Å². The standard InChI is InChI=1S/C22H38N4O2/c1-4-5-12-26-21(23-20(24-26)16-17(2)3)18-7-6-11-25(13-8-18)22(27)19-9-14-28-15-10-19/h17-19H,4-16H2,1-3H3. The smallest absolute Gasteiger partial charge is 0.225 e. The Hall–Kier alpha value is -1.43. The Bertz CT molecular complexity index is 622. The average Bonchev–Trinajstić information content (AvgIpc) is 2.92. The van der Waals surface area contributed by atoms with E-state index in [2.05, 4.69) is 30.4 Å². The minimum atomic E-state index is 0.163. The molecule has 2 fully saturated rings. The Balaban J connectivity index is 1.66. The largest absolute Gasteiger partial charge is 0.381 e. The summed E-state index contributed by atoms with van der Waals surface area (Å²) in [5.41, 5.74) is 0. The normalized spacial score (nSPS) is 21.9. The Labute approximate surface area is 170 Å². The van der Waals surface area contributed by atoms with E-state index in [-0.39, 0.29) is 5.92 Å². The van der Waals surface area contributed by atoms with Crippen LogP contribution in [0.15, 0.2) is 0 Å². The number of aryl methyl sites for hydroxylation is 1. The number of amides is 1. The zero-order valence-corrected chi connectivity index (χ0v) is 18.0. The van der Waals surface area contributed by atoms with Gasteiger partial charge in [0.25, 0.3) is 0 Å². The number of ether oxygens (including phenoxy) is 1. The van der Waals surface area contributed by atoms with Crippen LogP contribution >= 0.6 is 0 Å². The van der Waals surface area contributed by atoms with Crippen molar-refractivity contribution >= 4 is 5.91 Å². The zero-order chi connectivity index (χ0) is 19.9. The lowest BCUT2D eigenvalue weighted by atomic mass is 9.98. The molecule has 1 unspecified atom stereocenters. The van der Waals surface area contributed by atoms with Crippen LogP contribution in [0.1, 0.15) is 83.3 Å². The van der Waals surface area contributed by atoms with Crippen molar-refractivity contribution < 1.29 is 9.53 Å². The van der Waals surface area contributed by atoms with E-state index in [1.54, 1.807) is 0 Å². The topological polar surface area (TPSA) is 60.2 Å². The number of carbonyl (C=O) groups excluding carboxylic acids is 1. The van der Waals surface area contributed by atoms with Crippen LogP contribution < -0.4 is 0 Å². The van der Waals surface area contributed by atoms with Crippen molar-refractivity contribution in [1.82, 2.24) is 19.7 Å². The molecule has 2 saturated heterocycles. The number of nitrogens with zero attached hydrogens (tertiary/aromatic N) is 4. The van der Waals surface area contributed by atoms with Gasteiger partial charge < -0.3 is 9.64 Å². The molecule has 28 heavy (non-hydrogen) atoms. The summed E-state index contributed by atoms with van der Waals surface area (Å²) in [7, 11) is 0. The van der Waals surface area contributed by atoms with Gasteiger partial charge >= 0.3 is 0 Å². The Kier molecular flexibility index (Phi) is 7.89. The molecule has 3 rings (SSSR count). The van der Waals surface area contributed by atoms with Crippen LogP contribution in [0.5, 0.6) is 0 Å². The molecule has 1 atom stereocenters. The van der Waals surface area contributed by atoms with Gasteiger partial charge in [0.1, 0.15) is 5.82 Å². The van der Waals surface area contributed by atoms with Gasteiger partial charge in [-0.3, -0.25) is 4.79 Å². The lowest BCUT2D eigenvalue weighted by molar-refractivity contribution is -0.138. The number of hydrogen-bond acceptors (Lipinski definition) is 4. The minimum absolute atomic E-state index is 0.163. The third-order valence-electron chi connectivity index (χ3n) is 6.03. The molecule has 0 aromatic carbocycles. The van der Waals surface area contributed by atoms with E-state index in [4.69, 9.17) is 14.8 Å². The number of unbranched alkanes of at least 4 members (excludes halogenated alkanes) is 1. The van der Waals surface area contributed by atoms with Crippen molar-refractivity contribution in [2.24, 2.45) is 11.8 Å². The first-order valence-corrected chi connectivity index (χ1v) is 11.4. The molecule has 0 aliphatic carbocycles. The summed E-state index contributed by atoms with van der Waals surface area (Å²) in [6.07, 6.45) is 8.15.